The molecule has 0 saturated carbocycles. The predicted octanol–water partition coefficient (Wildman–Crippen LogP) is 2.39. The SMILES string of the molecule is O=C1CC2(COCCN(Cc3ccccc3)C2)CN1Cc1cncs1. The molecule has 0 aliphatic carbocycles. The minimum Gasteiger partial charge on any atom is -0.379 e. The first-order chi connectivity index (χ1) is 12.2. The molecule has 0 N–H and O–H groups in total. The molecule has 5 nitrogen and oxygen atoms in total. The highest BCUT2D eigenvalue weighted by molar-refractivity contribution is 7.09. The summed E-state index contributed by atoms with van der Waals surface area (Å²) < 4.78 is 5.90. The van der Waals surface area contributed by atoms with E-state index in [-0.39, 0.29) is 11.3 Å². The van der Waals surface area contributed by atoms with E-state index in [1.807, 2.05) is 22.7 Å². The Kier molecular flexibility index (Phi) is 4.83. The number of ether oxygens (including phenoxy) is 1. The lowest BCUT2D eigenvalue weighted by Crippen LogP contribution is -2.40. The number of amides is 1. The number of hydrogen-bond donors (Lipinski definition) is 0. The first kappa shape index (κ1) is 16.7. The number of likely N-dealkylation sites (tertiary alicyclic amines) is 1. The quantitative estimate of drug-likeness (QED) is 0.843. The lowest BCUT2D eigenvalue weighted by Gasteiger charge is -2.31. The first-order valence-corrected chi connectivity index (χ1v) is 9.60. The van der Waals surface area contributed by atoms with Crippen molar-refractivity contribution in [2.45, 2.75) is 19.5 Å². The van der Waals surface area contributed by atoms with Crippen LogP contribution in [0.2, 0.25) is 0 Å². The van der Waals surface area contributed by atoms with Crippen LogP contribution in [0.4, 0.5) is 0 Å². The van der Waals surface area contributed by atoms with E-state index in [1.165, 1.54) is 5.56 Å². The van der Waals surface area contributed by atoms with Crippen LogP contribution in [0.25, 0.3) is 0 Å². The molecule has 1 atom stereocenters. The van der Waals surface area contributed by atoms with Crippen LogP contribution in [0.1, 0.15) is 16.9 Å². The van der Waals surface area contributed by atoms with E-state index in [0.717, 1.165) is 37.7 Å². The predicted molar refractivity (Wildman–Crippen MR) is 97.1 cm³/mol. The van der Waals surface area contributed by atoms with Gasteiger partial charge in [-0.1, -0.05) is 30.3 Å². The smallest absolute Gasteiger partial charge is 0.223 e. The standard InChI is InChI=1S/C19H23N3O2S/c23-18-8-19(13-22(18)11-17-9-20-15-25-17)12-21(6-7-24-14-19)10-16-4-2-1-3-5-16/h1-5,9,15H,6-8,10-14H2. The van der Waals surface area contributed by atoms with Gasteiger partial charge in [0.15, 0.2) is 0 Å². The Bertz CT molecular complexity index is 707. The summed E-state index contributed by atoms with van der Waals surface area (Å²) in [6.45, 7) is 5.58. The van der Waals surface area contributed by atoms with Crippen LogP contribution in [-0.4, -0.2) is 53.5 Å². The van der Waals surface area contributed by atoms with Crippen molar-refractivity contribution in [3.05, 3.63) is 52.5 Å². The molecule has 1 amide bonds. The summed E-state index contributed by atoms with van der Waals surface area (Å²) in [5.74, 6) is 0.235. The Balaban J connectivity index is 1.45. The average molecular weight is 357 g/mol. The van der Waals surface area contributed by atoms with Crippen LogP contribution in [-0.2, 0) is 22.6 Å². The van der Waals surface area contributed by atoms with Crippen LogP contribution >= 0.6 is 11.3 Å². The van der Waals surface area contributed by atoms with Crippen LogP contribution in [0.3, 0.4) is 0 Å². The molecule has 25 heavy (non-hydrogen) atoms. The van der Waals surface area contributed by atoms with Gasteiger partial charge in [0.05, 0.1) is 25.3 Å². The fraction of sp³-hybridized carbons (Fsp3) is 0.474. The topological polar surface area (TPSA) is 45.7 Å². The van der Waals surface area contributed by atoms with Gasteiger partial charge in [-0.05, 0) is 5.56 Å². The van der Waals surface area contributed by atoms with Gasteiger partial charge in [0.25, 0.3) is 0 Å². The Morgan fingerprint density at radius 3 is 2.88 bits per heavy atom. The summed E-state index contributed by atoms with van der Waals surface area (Å²) in [4.78, 5) is 22.3. The van der Waals surface area contributed by atoms with Gasteiger partial charge in [-0.15, -0.1) is 11.3 Å². The number of carbonyl (C=O) groups is 1. The van der Waals surface area contributed by atoms with Crippen LogP contribution < -0.4 is 0 Å². The molecule has 1 unspecified atom stereocenters. The van der Waals surface area contributed by atoms with Crippen molar-refractivity contribution in [3.8, 4) is 0 Å². The second kappa shape index (κ2) is 7.23. The summed E-state index contributed by atoms with van der Waals surface area (Å²) in [5.41, 5.74) is 3.04. The second-order valence-electron chi connectivity index (χ2n) is 7.14. The molecule has 132 valence electrons. The van der Waals surface area contributed by atoms with Crippen molar-refractivity contribution in [2.24, 2.45) is 5.41 Å². The van der Waals surface area contributed by atoms with Gasteiger partial charge in [-0.3, -0.25) is 14.7 Å². The number of hydrogen-bond acceptors (Lipinski definition) is 5. The maximum atomic E-state index is 12.6. The Morgan fingerprint density at radius 2 is 2.08 bits per heavy atom. The number of thiazole rings is 1. The summed E-state index contributed by atoms with van der Waals surface area (Å²) in [5, 5.41) is 0. The highest BCUT2D eigenvalue weighted by atomic mass is 32.1. The molecule has 2 aliphatic rings. The third-order valence-corrected chi connectivity index (χ3v) is 5.77. The van der Waals surface area contributed by atoms with E-state index in [1.54, 1.807) is 11.3 Å². The van der Waals surface area contributed by atoms with E-state index >= 15 is 0 Å². The molecule has 1 spiro atoms. The molecule has 6 heteroatoms. The molecule has 4 rings (SSSR count). The first-order valence-electron chi connectivity index (χ1n) is 8.72. The molecule has 2 aromatic rings. The van der Waals surface area contributed by atoms with Gasteiger partial charge in [-0.2, -0.15) is 0 Å². The molecular formula is C19H23N3O2S. The van der Waals surface area contributed by atoms with Gasteiger partial charge in [0.2, 0.25) is 5.91 Å². The molecule has 2 fully saturated rings. The Labute approximate surface area is 152 Å². The van der Waals surface area contributed by atoms with Crippen molar-refractivity contribution in [3.63, 3.8) is 0 Å². The molecule has 1 aromatic heterocycles. The number of aromatic nitrogens is 1. The Morgan fingerprint density at radius 1 is 1.20 bits per heavy atom. The number of rotatable bonds is 4. The molecule has 2 aliphatic heterocycles. The van der Waals surface area contributed by atoms with Gasteiger partial charge in [0.1, 0.15) is 0 Å². The van der Waals surface area contributed by atoms with Crippen molar-refractivity contribution >= 4 is 17.2 Å². The third kappa shape index (κ3) is 3.92. The lowest BCUT2D eigenvalue weighted by atomic mass is 9.87. The van der Waals surface area contributed by atoms with Crippen LogP contribution in [0.5, 0.6) is 0 Å². The highest BCUT2D eigenvalue weighted by Gasteiger charge is 2.45. The largest absolute Gasteiger partial charge is 0.379 e. The fourth-order valence-electron chi connectivity index (χ4n) is 3.89. The zero-order chi connectivity index (χ0) is 17.1. The van der Waals surface area contributed by atoms with E-state index in [0.29, 0.717) is 19.6 Å². The number of carbonyl (C=O) groups excluding carboxylic acids is 1. The third-order valence-electron chi connectivity index (χ3n) is 5.00. The van der Waals surface area contributed by atoms with Gasteiger partial charge < -0.3 is 9.64 Å². The van der Waals surface area contributed by atoms with Gasteiger partial charge in [0, 0.05) is 49.1 Å². The van der Waals surface area contributed by atoms with Crippen LogP contribution in [0.15, 0.2) is 42.0 Å². The Hall–Kier alpha value is -1.76. The molecule has 2 saturated heterocycles. The van der Waals surface area contributed by atoms with Crippen LogP contribution in [0, 0.1) is 5.41 Å². The van der Waals surface area contributed by atoms with Crippen molar-refractivity contribution in [1.82, 2.24) is 14.8 Å². The number of nitrogens with zero attached hydrogens (tertiary/aromatic N) is 3. The van der Waals surface area contributed by atoms with Gasteiger partial charge >= 0.3 is 0 Å². The van der Waals surface area contributed by atoms with E-state index in [9.17, 15) is 4.79 Å². The normalized spacial score (nSPS) is 24.8. The zero-order valence-corrected chi connectivity index (χ0v) is 15.1. The average Bonchev–Trinajstić information content (AvgIpc) is 3.16. The molecule has 1 aromatic carbocycles. The molecule has 3 heterocycles. The van der Waals surface area contributed by atoms with E-state index in [4.69, 9.17) is 4.74 Å². The van der Waals surface area contributed by atoms with Crippen molar-refractivity contribution in [2.75, 3.05) is 32.8 Å². The molecule has 0 radical (unpaired) electrons. The van der Waals surface area contributed by atoms with Gasteiger partial charge in [-0.25, -0.2) is 0 Å². The molecule has 0 bridgehead atoms. The van der Waals surface area contributed by atoms with E-state index < -0.39 is 0 Å². The summed E-state index contributed by atoms with van der Waals surface area (Å²) in [6, 6.07) is 10.5. The van der Waals surface area contributed by atoms with E-state index in [2.05, 4.69) is 34.1 Å². The second-order valence-corrected chi connectivity index (χ2v) is 8.11. The minimum atomic E-state index is -0.0902. The summed E-state index contributed by atoms with van der Waals surface area (Å²) >= 11 is 1.61. The maximum Gasteiger partial charge on any atom is 0.223 e. The minimum absolute atomic E-state index is 0.0902. The lowest BCUT2D eigenvalue weighted by molar-refractivity contribution is -0.128. The number of benzene rings is 1. The zero-order valence-electron chi connectivity index (χ0n) is 14.3. The summed E-state index contributed by atoms with van der Waals surface area (Å²) in [6.07, 6.45) is 2.44. The monoisotopic (exact) mass is 357 g/mol. The molecular weight excluding hydrogens is 334 g/mol. The fourth-order valence-corrected chi connectivity index (χ4v) is 4.50. The van der Waals surface area contributed by atoms with Crippen molar-refractivity contribution < 1.29 is 9.53 Å². The maximum absolute atomic E-state index is 12.6. The highest BCUT2D eigenvalue weighted by Crippen LogP contribution is 2.35. The summed E-state index contributed by atoms with van der Waals surface area (Å²) in [7, 11) is 0. The van der Waals surface area contributed by atoms with Crippen molar-refractivity contribution in [1.29, 1.82) is 0 Å².